The fourth-order valence-electron chi connectivity index (χ4n) is 1.93. The van der Waals surface area contributed by atoms with Gasteiger partial charge in [-0.05, 0) is 27.2 Å². The molecular formula is C13H28Cl3N2O2P. The van der Waals surface area contributed by atoms with E-state index in [1.807, 2.05) is 32.4 Å². The van der Waals surface area contributed by atoms with Gasteiger partial charge in [-0.3, -0.25) is 4.57 Å². The fourth-order valence-corrected chi connectivity index (χ4v) is 5.71. The van der Waals surface area contributed by atoms with Gasteiger partial charge in [-0.15, -0.1) is 34.8 Å². The van der Waals surface area contributed by atoms with Crippen LogP contribution in [0.1, 0.15) is 34.1 Å². The molecule has 0 aromatic rings. The Morgan fingerprint density at radius 1 is 0.905 bits per heavy atom. The first-order chi connectivity index (χ1) is 9.75. The number of hydrogen-bond donors (Lipinski definition) is 0. The number of rotatable bonds is 11. The molecule has 1 atom stereocenters. The van der Waals surface area contributed by atoms with Crippen LogP contribution in [0.15, 0.2) is 0 Å². The van der Waals surface area contributed by atoms with E-state index >= 15 is 0 Å². The lowest BCUT2D eigenvalue weighted by molar-refractivity contribution is 0.0943. The highest BCUT2D eigenvalue weighted by molar-refractivity contribution is 7.54. The maximum Gasteiger partial charge on any atom is 0.346 e. The second-order valence-electron chi connectivity index (χ2n) is 5.67. The maximum absolute atomic E-state index is 13.6. The summed E-state index contributed by atoms with van der Waals surface area (Å²) < 4.78 is 23.2. The molecule has 0 N–H and O–H groups in total. The van der Waals surface area contributed by atoms with Crippen molar-refractivity contribution in [1.29, 1.82) is 0 Å². The quantitative estimate of drug-likeness (QED) is 0.385. The van der Waals surface area contributed by atoms with Gasteiger partial charge in [0.15, 0.2) is 0 Å². The molecule has 0 rings (SSSR count). The van der Waals surface area contributed by atoms with Gasteiger partial charge >= 0.3 is 7.67 Å². The van der Waals surface area contributed by atoms with E-state index in [4.69, 9.17) is 39.3 Å². The van der Waals surface area contributed by atoms with Gasteiger partial charge in [0, 0.05) is 43.8 Å². The third kappa shape index (κ3) is 7.87. The summed E-state index contributed by atoms with van der Waals surface area (Å²) in [5.41, 5.74) is -0.537. The van der Waals surface area contributed by atoms with Crippen molar-refractivity contribution in [3.05, 3.63) is 0 Å². The minimum atomic E-state index is -3.21. The van der Waals surface area contributed by atoms with E-state index in [2.05, 4.69) is 0 Å². The van der Waals surface area contributed by atoms with E-state index in [0.29, 0.717) is 43.8 Å². The Kier molecular flexibility index (Phi) is 11.2. The molecular weight excluding hydrogens is 353 g/mol. The molecule has 0 fully saturated rings. The normalized spacial score (nSPS) is 15.7. The molecule has 0 bridgehead atoms. The summed E-state index contributed by atoms with van der Waals surface area (Å²) in [6, 6.07) is 0. The average Bonchev–Trinajstić information content (AvgIpc) is 2.36. The number of nitrogens with zero attached hydrogens (tertiary/aromatic N) is 2. The van der Waals surface area contributed by atoms with Crippen LogP contribution in [-0.2, 0) is 9.09 Å². The first-order valence-corrected chi connectivity index (χ1v) is 10.4. The van der Waals surface area contributed by atoms with Crippen LogP contribution in [0.25, 0.3) is 0 Å². The van der Waals surface area contributed by atoms with E-state index in [9.17, 15) is 4.57 Å². The number of halogens is 3. The lowest BCUT2D eigenvalue weighted by Crippen LogP contribution is -2.39. The van der Waals surface area contributed by atoms with Crippen molar-refractivity contribution >= 4 is 42.5 Å². The minimum absolute atomic E-state index is 0.370. The lowest BCUT2D eigenvalue weighted by Gasteiger charge is -2.41. The van der Waals surface area contributed by atoms with Crippen LogP contribution in [0.5, 0.6) is 0 Å². The molecule has 4 nitrogen and oxygen atoms in total. The second kappa shape index (κ2) is 10.7. The zero-order valence-electron chi connectivity index (χ0n) is 13.4. The van der Waals surface area contributed by atoms with E-state index in [1.165, 1.54) is 0 Å². The smallest absolute Gasteiger partial charge is 0.300 e. The highest BCUT2D eigenvalue weighted by atomic mass is 35.5. The Morgan fingerprint density at radius 2 is 1.29 bits per heavy atom. The minimum Gasteiger partial charge on any atom is -0.300 e. The number of alkyl halides is 3. The summed E-state index contributed by atoms with van der Waals surface area (Å²) in [4.78, 5) is 0. The molecule has 21 heavy (non-hydrogen) atoms. The standard InChI is InChI=1S/C13H28Cl3N2O2P/c1-5-9-17(10-6-14)21(19,20-13(2,3)4)18(11-7-15)12-8-16/h5-12H2,1-4H3. The zero-order chi connectivity index (χ0) is 16.5. The van der Waals surface area contributed by atoms with Crippen LogP contribution in [0.4, 0.5) is 0 Å². The Morgan fingerprint density at radius 3 is 1.57 bits per heavy atom. The van der Waals surface area contributed by atoms with Crippen molar-refractivity contribution in [3.63, 3.8) is 0 Å². The fraction of sp³-hybridized carbons (Fsp3) is 1.00. The molecule has 0 radical (unpaired) electrons. The molecule has 0 heterocycles. The Bertz CT molecular complexity index is 295. The third-order valence-corrected chi connectivity index (χ3v) is 6.14. The van der Waals surface area contributed by atoms with E-state index in [1.54, 1.807) is 4.67 Å². The molecule has 0 saturated carbocycles. The first-order valence-electron chi connectivity index (χ1n) is 7.24. The van der Waals surface area contributed by atoms with Crippen molar-refractivity contribution in [1.82, 2.24) is 9.34 Å². The monoisotopic (exact) mass is 380 g/mol. The SMILES string of the molecule is CCCN(CCCl)P(=O)(OC(C)(C)C)N(CCCl)CCCl. The van der Waals surface area contributed by atoms with Gasteiger partial charge in [0.25, 0.3) is 0 Å². The lowest BCUT2D eigenvalue weighted by atomic mass is 10.2. The Labute approximate surface area is 144 Å². The second-order valence-corrected chi connectivity index (χ2v) is 9.10. The van der Waals surface area contributed by atoms with Crippen LogP contribution < -0.4 is 0 Å². The predicted molar refractivity (Wildman–Crippen MR) is 94.0 cm³/mol. The molecule has 8 heteroatoms. The summed E-state index contributed by atoms with van der Waals surface area (Å²) in [7, 11) is -3.21. The largest absolute Gasteiger partial charge is 0.346 e. The molecule has 128 valence electrons. The summed E-state index contributed by atoms with van der Waals surface area (Å²) in [5.74, 6) is 1.14. The van der Waals surface area contributed by atoms with E-state index in [0.717, 1.165) is 6.42 Å². The van der Waals surface area contributed by atoms with E-state index < -0.39 is 13.3 Å². The van der Waals surface area contributed by atoms with Crippen LogP contribution in [-0.4, -0.2) is 58.8 Å². The average molecular weight is 382 g/mol. The van der Waals surface area contributed by atoms with Crippen molar-refractivity contribution in [2.75, 3.05) is 43.8 Å². The van der Waals surface area contributed by atoms with Crippen molar-refractivity contribution in [2.24, 2.45) is 0 Å². The van der Waals surface area contributed by atoms with Crippen LogP contribution >= 0.6 is 42.5 Å². The number of hydrogen-bond acceptors (Lipinski definition) is 2. The summed E-state index contributed by atoms with van der Waals surface area (Å²) in [6.07, 6.45) is 0.865. The molecule has 0 aromatic carbocycles. The van der Waals surface area contributed by atoms with Gasteiger partial charge in [0.1, 0.15) is 0 Å². The summed E-state index contributed by atoms with van der Waals surface area (Å²) >= 11 is 17.6. The van der Waals surface area contributed by atoms with Gasteiger partial charge < -0.3 is 4.52 Å². The molecule has 0 amide bonds. The van der Waals surface area contributed by atoms with Crippen molar-refractivity contribution in [2.45, 2.75) is 39.7 Å². The predicted octanol–water partition coefficient (Wildman–Crippen LogP) is 4.64. The van der Waals surface area contributed by atoms with Gasteiger partial charge in [-0.2, -0.15) is 0 Å². The molecule has 0 aromatic heterocycles. The van der Waals surface area contributed by atoms with Crippen molar-refractivity contribution in [3.8, 4) is 0 Å². The first kappa shape index (κ1) is 22.0. The van der Waals surface area contributed by atoms with Gasteiger partial charge in [-0.25, -0.2) is 9.34 Å². The van der Waals surface area contributed by atoms with Crippen LogP contribution in [0.2, 0.25) is 0 Å². The summed E-state index contributed by atoms with van der Waals surface area (Å²) in [6.45, 7) is 9.80. The summed E-state index contributed by atoms with van der Waals surface area (Å²) in [5, 5.41) is 0. The Balaban J connectivity index is 5.52. The van der Waals surface area contributed by atoms with Crippen molar-refractivity contribution < 1.29 is 9.09 Å². The zero-order valence-corrected chi connectivity index (χ0v) is 16.6. The van der Waals surface area contributed by atoms with Crippen LogP contribution in [0.3, 0.4) is 0 Å². The highest BCUT2D eigenvalue weighted by Crippen LogP contribution is 2.56. The third-order valence-electron chi connectivity index (χ3n) is 2.62. The van der Waals surface area contributed by atoms with E-state index in [-0.39, 0.29) is 0 Å². The van der Waals surface area contributed by atoms with Gasteiger partial charge in [-0.1, -0.05) is 6.92 Å². The van der Waals surface area contributed by atoms with Crippen LogP contribution in [0, 0.1) is 0 Å². The highest BCUT2D eigenvalue weighted by Gasteiger charge is 2.40. The molecule has 0 aliphatic carbocycles. The molecule has 0 aliphatic heterocycles. The topological polar surface area (TPSA) is 32.8 Å². The van der Waals surface area contributed by atoms with Gasteiger partial charge in [0.05, 0.1) is 5.60 Å². The Hall–Kier alpha value is 0.980. The molecule has 0 saturated heterocycles. The molecule has 0 aliphatic rings. The molecule has 1 unspecified atom stereocenters. The van der Waals surface area contributed by atoms with Gasteiger partial charge in [0.2, 0.25) is 0 Å². The molecule has 0 spiro atoms. The maximum atomic E-state index is 13.6.